The maximum absolute atomic E-state index is 5.64. The molecule has 2 aromatic carbocycles. The molecule has 0 radical (unpaired) electrons. The Bertz CT molecular complexity index is 590. The molecule has 0 unspecified atom stereocenters. The van der Waals surface area contributed by atoms with Gasteiger partial charge in [-0.25, -0.2) is 0 Å². The molecule has 0 atom stereocenters. The Morgan fingerprint density at radius 2 is 1.90 bits per heavy atom. The number of para-hydroxylation sites is 1. The van der Waals surface area contributed by atoms with Gasteiger partial charge in [-0.2, -0.15) is 0 Å². The number of rotatable bonds is 7. The topological polar surface area (TPSA) is 35.2 Å². The lowest BCUT2D eigenvalue weighted by Gasteiger charge is -2.06. The number of ether oxygens (including phenoxy) is 1. The minimum atomic E-state index is 0.680. The summed E-state index contributed by atoms with van der Waals surface area (Å²) >= 11 is 0. The molecule has 2 N–H and O–H groups in total. The summed E-state index contributed by atoms with van der Waals surface area (Å²) in [6.45, 7) is 3.42. The molecule has 0 saturated carbocycles. The van der Waals surface area contributed by atoms with Crippen LogP contribution in [0.2, 0.25) is 0 Å². The van der Waals surface area contributed by atoms with E-state index in [0.717, 1.165) is 30.7 Å². The molecule has 0 aliphatic rings. The molecule has 0 saturated heterocycles. The highest BCUT2D eigenvalue weighted by Crippen LogP contribution is 2.21. The summed E-state index contributed by atoms with van der Waals surface area (Å²) in [5, 5.41) is 0. The van der Waals surface area contributed by atoms with Gasteiger partial charge in [-0.15, -0.1) is 0 Å². The standard InChI is InChI=1S/C19H23NO/c1-2-21-19-11-4-3-10-18(19)13-12-17-8-5-7-16(15-17)9-6-14-20/h3-5,7-8,10-13,15H,2,6,9,14,20H2,1H3/b13-12+. The van der Waals surface area contributed by atoms with Crippen molar-refractivity contribution in [1.29, 1.82) is 0 Å². The SMILES string of the molecule is CCOc1ccccc1/C=C/c1cccc(CCCN)c1. The van der Waals surface area contributed by atoms with Gasteiger partial charge in [0, 0.05) is 5.56 Å². The van der Waals surface area contributed by atoms with Crippen LogP contribution in [0.4, 0.5) is 0 Å². The van der Waals surface area contributed by atoms with Crippen molar-refractivity contribution in [1.82, 2.24) is 0 Å². The zero-order chi connectivity index (χ0) is 14.9. The third kappa shape index (κ3) is 4.76. The average molecular weight is 281 g/mol. The summed E-state index contributed by atoms with van der Waals surface area (Å²) in [5.74, 6) is 0.926. The van der Waals surface area contributed by atoms with Gasteiger partial charge in [0.2, 0.25) is 0 Å². The van der Waals surface area contributed by atoms with Crippen LogP contribution in [0.25, 0.3) is 12.2 Å². The maximum atomic E-state index is 5.64. The van der Waals surface area contributed by atoms with Crippen LogP contribution in [-0.2, 0) is 6.42 Å². The van der Waals surface area contributed by atoms with Gasteiger partial charge < -0.3 is 10.5 Å². The van der Waals surface area contributed by atoms with Crippen LogP contribution in [0.1, 0.15) is 30.0 Å². The van der Waals surface area contributed by atoms with E-state index < -0.39 is 0 Å². The quantitative estimate of drug-likeness (QED) is 0.774. The molecule has 110 valence electrons. The minimum Gasteiger partial charge on any atom is -0.493 e. The van der Waals surface area contributed by atoms with Gasteiger partial charge in [-0.05, 0) is 43.5 Å². The molecular formula is C19H23NO. The van der Waals surface area contributed by atoms with Crippen LogP contribution in [-0.4, -0.2) is 13.2 Å². The molecule has 0 fully saturated rings. The highest BCUT2D eigenvalue weighted by molar-refractivity contribution is 5.72. The molecule has 21 heavy (non-hydrogen) atoms. The van der Waals surface area contributed by atoms with Crippen LogP contribution in [0.5, 0.6) is 5.75 Å². The Morgan fingerprint density at radius 3 is 2.71 bits per heavy atom. The minimum absolute atomic E-state index is 0.680. The second-order valence-corrected chi connectivity index (χ2v) is 4.94. The normalized spacial score (nSPS) is 11.0. The lowest BCUT2D eigenvalue weighted by molar-refractivity contribution is 0.339. The van der Waals surface area contributed by atoms with Crippen molar-refractivity contribution < 1.29 is 4.74 Å². The Balaban J connectivity index is 2.13. The molecule has 0 aliphatic carbocycles. The highest BCUT2D eigenvalue weighted by atomic mass is 16.5. The first-order chi connectivity index (χ1) is 10.3. The predicted octanol–water partition coefficient (Wildman–Crippen LogP) is 4.15. The first-order valence-electron chi connectivity index (χ1n) is 7.52. The third-order valence-corrected chi connectivity index (χ3v) is 3.29. The summed E-state index contributed by atoms with van der Waals surface area (Å²) in [6.07, 6.45) is 6.30. The monoisotopic (exact) mass is 281 g/mol. The number of aryl methyl sites for hydroxylation is 1. The van der Waals surface area contributed by atoms with Gasteiger partial charge >= 0.3 is 0 Å². The third-order valence-electron chi connectivity index (χ3n) is 3.29. The summed E-state index contributed by atoms with van der Waals surface area (Å²) < 4.78 is 5.64. The molecule has 0 aliphatic heterocycles. The van der Waals surface area contributed by atoms with Crippen molar-refractivity contribution in [2.24, 2.45) is 5.73 Å². The molecule has 2 aromatic rings. The van der Waals surface area contributed by atoms with E-state index >= 15 is 0 Å². The van der Waals surface area contributed by atoms with E-state index in [2.05, 4.69) is 42.5 Å². The van der Waals surface area contributed by atoms with Gasteiger partial charge in [0.15, 0.2) is 0 Å². The van der Waals surface area contributed by atoms with E-state index in [1.54, 1.807) is 0 Å². The molecule has 2 rings (SSSR count). The summed E-state index contributed by atoms with van der Waals surface area (Å²) in [5.41, 5.74) is 9.21. The van der Waals surface area contributed by atoms with E-state index in [9.17, 15) is 0 Å². The van der Waals surface area contributed by atoms with Crippen LogP contribution >= 0.6 is 0 Å². The Morgan fingerprint density at radius 1 is 1.05 bits per heavy atom. The second kappa shape index (κ2) is 8.28. The highest BCUT2D eigenvalue weighted by Gasteiger charge is 1.98. The fourth-order valence-electron chi connectivity index (χ4n) is 2.25. The molecule has 0 bridgehead atoms. The molecule has 0 heterocycles. The van der Waals surface area contributed by atoms with E-state index in [4.69, 9.17) is 10.5 Å². The Labute approximate surface area is 127 Å². The number of hydrogen-bond donors (Lipinski definition) is 1. The fourth-order valence-corrected chi connectivity index (χ4v) is 2.25. The lowest BCUT2D eigenvalue weighted by atomic mass is 10.1. The first-order valence-corrected chi connectivity index (χ1v) is 7.52. The Hall–Kier alpha value is -2.06. The zero-order valence-electron chi connectivity index (χ0n) is 12.6. The molecule has 0 spiro atoms. The van der Waals surface area contributed by atoms with Crippen molar-refractivity contribution in [2.45, 2.75) is 19.8 Å². The average Bonchev–Trinajstić information content (AvgIpc) is 2.53. The van der Waals surface area contributed by atoms with Crippen LogP contribution in [0.15, 0.2) is 48.5 Å². The number of nitrogens with two attached hydrogens (primary N) is 1. The van der Waals surface area contributed by atoms with E-state index in [1.165, 1.54) is 11.1 Å². The van der Waals surface area contributed by atoms with E-state index in [1.807, 2.05) is 25.1 Å². The van der Waals surface area contributed by atoms with Gasteiger partial charge in [0.1, 0.15) is 5.75 Å². The molecular weight excluding hydrogens is 258 g/mol. The predicted molar refractivity (Wildman–Crippen MR) is 90.4 cm³/mol. The van der Waals surface area contributed by atoms with Gasteiger partial charge in [0.25, 0.3) is 0 Å². The zero-order valence-corrected chi connectivity index (χ0v) is 12.6. The summed E-state index contributed by atoms with van der Waals surface area (Å²) in [7, 11) is 0. The number of benzene rings is 2. The van der Waals surface area contributed by atoms with E-state index in [0.29, 0.717) is 6.61 Å². The first kappa shape index (κ1) is 15.3. The largest absolute Gasteiger partial charge is 0.493 e. The molecule has 2 nitrogen and oxygen atoms in total. The van der Waals surface area contributed by atoms with Crippen LogP contribution in [0, 0.1) is 0 Å². The number of hydrogen-bond acceptors (Lipinski definition) is 2. The summed E-state index contributed by atoms with van der Waals surface area (Å²) in [6, 6.07) is 16.7. The van der Waals surface area contributed by atoms with Crippen LogP contribution in [0.3, 0.4) is 0 Å². The Kier molecular flexibility index (Phi) is 6.04. The van der Waals surface area contributed by atoms with Crippen molar-refractivity contribution in [3.8, 4) is 5.75 Å². The van der Waals surface area contributed by atoms with Crippen molar-refractivity contribution in [3.63, 3.8) is 0 Å². The summed E-state index contributed by atoms with van der Waals surface area (Å²) in [4.78, 5) is 0. The van der Waals surface area contributed by atoms with Crippen LogP contribution < -0.4 is 10.5 Å². The van der Waals surface area contributed by atoms with Crippen molar-refractivity contribution in [2.75, 3.05) is 13.2 Å². The fraction of sp³-hybridized carbons (Fsp3) is 0.263. The maximum Gasteiger partial charge on any atom is 0.126 e. The van der Waals surface area contributed by atoms with Crippen molar-refractivity contribution in [3.05, 3.63) is 65.2 Å². The van der Waals surface area contributed by atoms with E-state index in [-0.39, 0.29) is 0 Å². The smallest absolute Gasteiger partial charge is 0.126 e. The second-order valence-electron chi connectivity index (χ2n) is 4.94. The van der Waals surface area contributed by atoms with Crippen molar-refractivity contribution >= 4 is 12.2 Å². The van der Waals surface area contributed by atoms with Gasteiger partial charge in [-0.3, -0.25) is 0 Å². The molecule has 0 aromatic heterocycles. The molecule has 2 heteroatoms. The lowest BCUT2D eigenvalue weighted by Crippen LogP contribution is -2.00. The molecule has 0 amide bonds. The van der Waals surface area contributed by atoms with Gasteiger partial charge in [0.05, 0.1) is 6.61 Å². The van der Waals surface area contributed by atoms with Gasteiger partial charge in [-0.1, -0.05) is 54.6 Å².